The fourth-order valence-corrected chi connectivity index (χ4v) is 3.01. The molecule has 1 aliphatic rings. The molecule has 0 amide bonds. The predicted molar refractivity (Wildman–Crippen MR) is 120 cm³/mol. The second-order valence-corrected chi connectivity index (χ2v) is 6.47. The van der Waals surface area contributed by atoms with E-state index in [-0.39, 0.29) is 30.1 Å². The van der Waals surface area contributed by atoms with Gasteiger partial charge in [-0.05, 0) is 32.4 Å². The Balaban J connectivity index is 0.00000280. The number of rotatable bonds is 8. The standard InChI is InChI=1S/C19H28N6O2.HI/c1-4-20-19(22-13-18-24-23-17-9-6-10-25(17)18)21-12-14(2)27-16-8-5-7-15(11-16)26-3;/h5,7-8,11,14H,4,6,9-10,12-13H2,1-3H3,(H2,20,21,22);1H. The summed E-state index contributed by atoms with van der Waals surface area (Å²) in [6, 6.07) is 7.61. The number of nitrogens with one attached hydrogen (secondary N) is 2. The monoisotopic (exact) mass is 500 g/mol. The van der Waals surface area contributed by atoms with Gasteiger partial charge in [-0.25, -0.2) is 4.99 Å². The van der Waals surface area contributed by atoms with Crippen LogP contribution >= 0.6 is 24.0 Å². The molecule has 1 aromatic heterocycles. The van der Waals surface area contributed by atoms with Crippen LogP contribution in [0.1, 0.15) is 31.9 Å². The van der Waals surface area contributed by atoms with Crippen molar-refractivity contribution in [2.24, 2.45) is 4.99 Å². The number of fused-ring (bicyclic) bond motifs is 1. The summed E-state index contributed by atoms with van der Waals surface area (Å²) in [5.74, 6) is 4.29. The van der Waals surface area contributed by atoms with E-state index >= 15 is 0 Å². The second-order valence-electron chi connectivity index (χ2n) is 6.47. The molecule has 154 valence electrons. The number of guanidine groups is 1. The van der Waals surface area contributed by atoms with Crippen molar-refractivity contribution in [1.29, 1.82) is 0 Å². The normalized spacial score (nSPS) is 14.0. The van der Waals surface area contributed by atoms with Crippen molar-refractivity contribution < 1.29 is 9.47 Å². The van der Waals surface area contributed by atoms with Crippen LogP contribution in [0.15, 0.2) is 29.3 Å². The van der Waals surface area contributed by atoms with E-state index in [4.69, 9.17) is 9.47 Å². The number of ether oxygens (including phenoxy) is 2. The Morgan fingerprint density at radius 3 is 2.89 bits per heavy atom. The summed E-state index contributed by atoms with van der Waals surface area (Å²) in [7, 11) is 1.65. The maximum atomic E-state index is 5.94. The molecule has 0 spiro atoms. The molecule has 0 saturated carbocycles. The van der Waals surface area contributed by atoms with Gasteiger partial charge in [-0.1, -0.05) is 6.07 Å². The van der Waals surface area contributed by atoms with Gasteiger partial charge in [0.2, 0.25) is 0 Å². The Morgan fingerprint density at radius 2 is 2.11 bits per heavy atom. The van der Waals surface area contributed by atoms with E-state index in [2.05, 4.69) is 30.4 Å². The Kier molecular flexibility index (Phi) is 8.81. The average Bonchev–Trinajstić information content (AvgIpc) is 3.28. The molecule has 2 aromatic rings. The molecule has 1 aromatic carbocycles. The number of aryl methyl sites for hydroxylation is 1. The topological polar surface area (TPSA) is 85.6 Å². The van der Waals surface area contributed by atoms with Crippen LogP contribution in [0.25, 0.3) is 0 Å². The summed E-state index contributed by atoms with van der Waals surface area (Å²) >= 11 is 0. The summed E-state index contributed by atoms with van der Waals surface area (Å²) in [5.41, 5.74) is 0. The van der Waals surface area contributed by atoms with E-state index in [1.54, 1.807) is 7.11 Å². The number of methoxy groups -OCH3 is 1. The Bertz CT molecular complexity index is 780. The minimum absolute atomic E-state index is 0. The highest BCUT2D eigenvalue weighted by Crippen LogP contribution is 2.19. The molecule has 28 heavy (non-hydrogen) atoms. The fourth-order valence-electron chi connectivity index (χ4n) is 3.01. The first kappa shape index (κ1) is 22.3. The van der Waals surface area contributed by atoms with Gasteiger partial charge < -0.3 is 24.7 Å². The van der Waals surface area contributed by atoms with Crippen LogP contribution in [0.3, 0.4) is 0 Å². The first-order valence-corrected chi connectivity index (χ1v) is 9.43. The van der Waals surface area contributed by atoms with Gasteiger partial charge in [0, 0.05) is 25.6 Å². The molecule has 2 N–H and O–H groups in total. The molecule has 2 heterocycles. The summed E-state index contributed by atoms with van der Waals surface area (Å²) in [6.45, 7) is 6.97. The maximum absolute atomic E-state index is 5.94. The summed E-state index contributed by atoms with van der Waals surface area (Å²) < 4.78 is 13.3. The largest absolute Gasteiger partial charge is 0.497 e. The number of nitrogens with zero attached hydrogens (tertiary/aromatic N) is 4. The molecule has 1 atom stereocenters. The minimum atomic E-state index is -0.0294. The third kappa shape index (κ3) is 5.98. The molecular formula is C19H29IN6O2. The van der Waals surface area contributed by atoms with Crippen LogP contribution in [-0.4, -0.2) is 47.0 Å². The van der Waals surface area contributed by atoms with Crippen LogP contribution in [0.4, 0.5) is 0 Å². The van der Waals surface area contributed by atoms with Gasteiger partial charge in [0.25, 0.3) is 0 Å². The highest BCUT2D eigenvalue weighted by atomic mass is 127. The molecule has 0 aliphatic carbocycles. The predicted octanol–water partition coefficient (Wildman–Crippen LogP) is 2.37. The quantitative estimate of drug-likeness (QED) is 0.329. The number of halogens is 1. The van der Waals surface area contributed by atoms with Gasteiger partial charge in [-0.15, -0.1) is 34.2 Å². The zero-order valence-electron chi connectivity index (χ0n) is 16.6. The van der Waals surface area contributed by atoms with Crippen molar-refractivity contribution in [3.05, 3.63) is 35.9 Å². The first-order valence-electron chi connectivity index (χ1n) is 9.43. The van der Waals surface area contributed by atoms with Gasteiger partial charge in [-0.2, -0.15) is 0 Å². The van der Waals surface area contributed by atoms with E-state index < -0.39 is 0 Å². The maximum Gasteiger partial charge on any atom is 0.191 e. The van der Waals surface area contributed by atoms with E-state index in [0.717, 1.165) is 55.0 Å². The lowest BCUT2D eigenvalue weighted by atomic mass is 10.3. The van der Waals surface area contributed by atoms with Gasteiger partial charge in [-0.3, -0.25) is 0 Å². The van der Waals surface area contributed by atoms with Crippen LogP contribution in [-0.2, 0) is 19.5 Å². The first-order chi connectivity index (χ1) is 13.2. The lowest BCUT2D eigenvalue weighted by molar-refractivity contribution is 0.223. The van der Waals surface area contributed by atoms with Crippen molar-refractivity contribution in [1.82, 2.24) is 25.4 Å². The lowest BCUT2D eigenvalue weighted by Gasteiger charge is -2.18. The molecule has 3 rings (SSSR count). The SMILES string of the molecule is CCNC(=NCc1nnc2n1CCC2)NCC(C)Oc1cccc(OC)c1.I. The van der Waals surface area contributed by atoms with Crippen LogP contribution in [0.2, 0.25) is 0 Å². The molecule has 1 unspecified atom stereocenters. The second kappa shape index (κ2) is 11.1. The van der Waals surface area contributed by atoms with E-state index in [9.17, 15) is 0 Å². The van der Waals surface area contributed by atoms with E-state index in [1.807, 2.05) is 38.1 Å². The Morgan fingerprint density at radius 1 is 1.29 bits per heavy atom. The zero-order valence-corrected chi connectivity index (χ0v) is 19.0. The molecule has 0 fully saturated rings. The van der Waals surface area contributed by atoms with Gasteiger partial charge in [0.1, 0.15) is 30.0 Å². The number of aliphatic imine (C=N–C) groups is 1. The highest BCUT2D eigenvalue weighted by molar-refractivity contribution is 14.0. The number of hydrogen-bond acceptors (Lipinski definition) is 5. The molecule has 8 nitrogen and oxygen atoms in total. The van der Waals surface area contributed by atoms with Gasteiger partial charge in [0.15, 0.2) is 11.8 Å². The number of aromatic nitrogens is 3. The molecule has 9 heteroatoms. The molecule has 0 bridgehead atoms. The van der Waals surface area contributed by atoms with E-state index in [0.29, 0.717) is 13.1 Å². The minimum Gasteiger partial charge on any atom is -0.497 e. The molecule has 0 saturated heterocycles. The Hall–Kier alpha value is -2.04. The third-order valence-electron chi connectivity index (χ3n) is 4.34. The van der Waals surface area contributed by atoms with Crippen LogP contribution < -0.4 is 20.1 Å². The number of benzene rings is 1. The van der Waals surface area contributed by atoms with Crippen molar-refractivity contribution in [2.75, 3.05) is 20.2 Å². The van der Waals surface area contributed by atoms with Gasteiger partial charge in [0.05, 0.1) is 13.7 Å². The molecule has 0 radical (unpaired) electrons. The molecule has 1 aliphatic heterocycles. The average molecular weight is 500 g/mol. The zero-order chi connectivity index (χ0) is 19.1. The van der Waals surface area contributed by atoms with Crippen molar-refractivity contribution >= 4 is 29.9 Å². The summed E-state index contributed by atoms with van der Waals surface area (Å²) in [6.07, 6.45) is 2.12. The number of hydrogen-bond donors (Lipinski definition) is 2. The van der Waals surface area contributed by atoms with Crippen LogP contribution in [0.5, 0.6) is 11.5 Å². The summed E-state index contributed by atoms with van der Waals surface area (Å²) in [4.78, 5) is 4.64. The molecular weight excluding hydrogens is 471 g/mol. The van der Waals surface area contributed by atoms with Crippen LogP contribution in [0, 0.1) is 0 Å². The lowest BCUT2D eigenvalue weighted by Crippen LogP contribution is -2.41. The van der Waals surface area contributed by atoms with Gasteiger partial charge >= 0.3 is 0 Å². The van der Waals surface area contributed by atoms with E-state index in [1.165, 1.54) is 0 Å². The van der Waals surface area contributed by atoms with Crippen molar-refractivity contribution in [3.63, 3.8) is 0 Å². The summed E-state index contributed by atoms with van der Waals surface area (Å²) in [5, 5.41) is 15.1. The highest BCUT2D eigenvalue weighted by Gasteiger charge is 2.16. The fraction of sp³-hybridized carbons (Fsp3) is 0.526. The smallest absolute Gasteiger partial charge is 0.191 e. The van der Waals surface area contributed by atoms with Crippen molar-refractivity contribution in [2.45, 2.75) is 45.9 Å². The van der Waals surface area contributed by atoms with Crippen molar-refractivity contribution in [3.8, 4) is 11.5 Å². The Labute approximate surface area is 183 Å². The third-order valence-corrected chi connectivity index (χ3v) is 4.34.